The van der Waals surface area contributed by atoms with Crippen LogP contribution in [-0.4, -0.2) is 40.4 Å². The van der Waals surface area contributed by atoms with E-state index in [2.05, 4.69) is 22.3 Å². The number of nitro groups is 1. The standard InChI is InChI=1S/C25H23N5O6/c1-4-12-36-24(31)21-15(2)26-25(32)27-23(21)18-14-29(17-8-6-5-7-9-17)28-22(18)16-10-11-20(35-3)19(13-16)30(33)34/h4-11,13-14,23H,1,12H2,2-3H3,(H2,26,27,32). The van der Waals surface area contributed by atoms with Gasteiger partial charge < -0.3 is 20.1 Å². The highest BCUT2D eigenvalue weighted by molar-refractivity contribution is 5.95. The van der Waals surface area contributed by atoms with E-state index in [1.807, 2.05) is 30.3 Å². The van der Waals surface area contributed by atoms with Crippen LogP contribution in [0.15, 0.2) is 78.7 Å². The molecule has 2 heterocycles. The minimum Gasteiger partial charge on any atom is -0.490 e. The topological polar surface area (TPSA) is 138 Å². The number of carbonyl (C=O) groups excluding carboxylic acids is 2. The number of allylic oxidation sites excluding steroid dienone is 1. The van der Waals surface area contributed by atoms with Crippen molar-refractivity contribution >= 4 is 17.7 Å². The lowest BCUT2D eigenvalue weighted by Gasteiger charge is -2.27. The van der Waals surface area contributed by atoms with Crippen LogP contribution in [0.1, 0.15) is 18.5 Å². The zero-order chi connectivity index (χ0) is 25.8. The van der Waals surface area contributed by atoms with Gasteiger partial charge in [0, 0.05) is 29.1 Å². The third-order valence-electron chi connectivity index (χ3n) is 5.54. The molecule has 1 aromatic heterocycles. The summed E-state index contributed by atoms with van der Waals surface area (Å²) in [5.41, 5.74) is 2.13. The molecule has 1 aliphatic rings. The predicted molar refractivity (Wildman–Crippen MR) is 130 cm³/mol. The first kappa shape index (κ1) is 24.2. The fourth-order valence-corrected chi connectivity index (χ4v) is 3.93. The number of nitrogens with zero attached hydrogens (tertiary/aromatic N) is 3. The zero-order valence-corrected chi connectivity index (χ0v) is 19.6. The summed E-state index contributed by atoms with van der Waals surface area (Å²) in [5.74, 6) is -0.559. The molecule has 1 aliphatic heterocycles. The average molecular weight is 489 g/mol. The molecule has 1 unspecified atom stereocenters. The predicted octanol–water partition coefficient (Wildman–Crippen LogP) is 3.81. The summed E-state index contributed by atoms with van der Waals surface area (Å²) >= 11 is 0. The number of ether oxygens (including phenoxy) is 2. The van der Waals surface area contributed by atoms with Crippen LogP contribution in [0.25, 0.3) is 16.9 Å². The number of urea groups is 1. The van der Waals surface area contributed by atoms with Gasteiger partial charge in [0.2, 0.25) is 0 Å². The molecule has 2 N–H and O–H groups in total. The summed E-state index contributed by atoms with van der Waals surface area (Å²) in [6, 6.07) is 12.2. The number of amides is 2. The van der Waals surface area contributed by atoms with Gasteiger partial charge in [-0.3, -0.25) is 10.1 Å². The molecule has 0 saturated carbocycles. The van der Waals surface area contributed by atoms with Crippen molar-refractivity contribution < 1.29 is 24.0 Å². The second-order valence-electron chi connectivity index (χ2n) is 7.81. The molecular weight excluding hydrogens is 466 g/mol. The first-order chi connectivity index (χ1) is 17.3. The number of hydrogen-bond donors (Lipinski definition) is 2. The number of nitrogens with one attached hydrogen (secondary N) is 2. The van der Waals surface area contributed by atoms with E-state index in [0.29, 0.717) is 28.2 Å². The lowest BCUT2D eigenvalue weighted by atomic mass is 9.93. The number of nitro benzene ring substituents is 1. The number of rotatable bonds is 8. The Morgan fingerprint density at radius 1 is 1.28 bits per heavy atom. The number of carbonyl (C=O) groups is 2. The SMILES string of the molecule is C=CCOC(=O)C1=C(C)NC(=O)NC1c1cn(-c2ccccc2)nc1-c1ccc(OC)c([N+](=O)[O-])c1. The van der Waals surface area contributed by atoms with Gasteiger partial charge in [-0.05, 0) is 31.2 Å². The highest BCUT2D eigenvalue weighted by Crippen LogP contribution is 2.38. The molecule has 4 rings (SSSR count). The maximum atomic E-state index is 13.0. The van der Waals surface area contributed by atoms with Crippen molar-refractivity contribution in [2.75, 3.05) is 13.7 Å². The second-order valence-corrected chi connectivity index (χ2v) is 7.81. The zero-order valence-electron chi connectivity index (χ0n) is 19.6. The van der Waals surface area contributed by atoms with Crippen molar-refractivity contribution in [1.29, 1.82) is 0 Å². The Kier molecular flexibility index (Phi) is 6.81. The molecule has 2 amide bonds. The maximum Gasteiger partial charge on any atom is 0.338 e. The van der Waals surface area contributed by atoms with Gasteiger partial charge in [0.15, 0.2) is 5.75 Å². The van der Waals surface area contributed by atoms with Crippen LogP contribution in [0.4, 0.5) is 10.5 Å². The number of aromatic nitrogens is 2. The molecular formula is C25H23N5O6. The van der Waals surface area contributed by atoms with Gasteiger partial charge in [-0.25, -0.2) is 14.3 Å². The van der Waals surface area contributed by atoms with E-state index in [9.17, 15) is 19.7 Å². The lowest BCUT2D eigenvalue weighted by Crippen LogP contribution is -2.45. The Hall–Kier alpha value is -4.93. The molecule has 11 heteroatoms. The van der Waals surface area contributed by atoms with Crippen LogP contribution < -0.4 is 15.4 Å². The monoisotopic (exact) mass is 489 g/mol. The molecule has 184 valence electrons. The third-order valence-corrected chi connectivity index (χ3v) is 5.54. The fraction of sp³-hybridized carbons (Fsp3) is 0.160. The van der Waals surface area contributed by atoms with Gasteiger partial charge in [-0.15, -0.1) is 0 Å². The van der Waals surface area contributed by atoms with E-state index in [1.165, 1.54) is 25.3 Å². The largest absolute Gasteiger partial charge is 0.490 e. The molecule has 0 aliphatic carbocycles. The summed E-state index contributed by atoms with van der Waals surface area (Å²) in [5, 5.41) is 21.7. The van der Waals surface area contributed by atoms with E-state index >= 15 is 0 Å². The molecule has 3 aromatic rings. The summed E-state index contributed by atoms with van der Waals surface area (Å²) < 4.78 is 12.0. The van der Waals surface area contributed by atoms with Crippen molar-refractivity contribution in [3.8, 4) is 22.7 Å². The van der Waals surface area contributed by atoms with Gasteiger partial charge in [-0.1, -0.05) is 30.9 Å². The lowest BCUT2D eigenvalue weighted by molar-refractivity contribution is -0.385. The number of benzene rings is 2. The fourth-order valence-electron chi connectivity index (χ4n) is 3.93. The van der Waals surface area contributed by atoms with E-state index < -0.39 is 23.0 Å². The van der Waals surface area contributed by atoms with Gasteiger partial charge in [0.1, 0.15) is 6.61 Å². The summed E-state index contributed by atoms with van der Waals surface area (Å²) in [6.07, 6.45) is 3.11. The van der Waals surface area contributed by atoms with E-state index in [4.69, 9.17) is 9.47 Å². The van der Waals surface area contributed by atoms with E-state index in [-0.39, 0.29) is 23.6 Å². The Morgan fingerprint density at radius 2 is 2.03 bits per heavy atom. The van der Waals surface area contributed by atoms with Crippen molar-refractivity contribution in [3.63, 3.8) is 0 Å². The highest BCUT2D eigenvalue weighted by atomic mass is 16.6. The molecule has 1 atom stereocenters. The first-order valence-electron chi connectivity index (χ1n) is 10.9. The Morgan fingerprint density at radius 3 is 2.69 bits per heavy atom. The average Bonchev–Trinajstić information content (AvgIpc) is 3.32. The Labute approximate surface area is 206 Å². The molecule has 2 aromatic carbocycles. The number of esters is 1. The highest BCUT2D eigenvalue weighted by Gasteiger charge is 2.35. The smallest absolute Gasteiger partial charge is 0.338 e. The van der Waals surface area contributed by atoms with E-state index in [1.54, 1.807) is 23.9 Å². The number of methoxy groups -OCH3 is 1. The van der Waals surface area contributed by atoms with Crippen LogP contribution >= 0.6 is 0 Å². The molecule has 0 spiro atoms. The third kappa shape index (κ3) is 4.67. The summed E-state index contributed by atoms with van der Waals surface area (Å²) in [4.78, 5) is 36.5. The molecule has 0 radical (unpaired) electrons. The van der Waals surface area contributed by atoms with Gasteiger partial charge in [0.25, 0.3) is 0 Å². The van der Waals surface area contributed by atoms with Crippen LogP contribution in [0.2, 0.25) is 0 Å². The summed E-state index contributed by atoms with van der Waals surface area (Å²) in [7, 11) is 1.34. The molecule has 0 saturated heterocycles. The van der Waals surface area contributed by atoms with Crippen molar-refractivity contribution in [3.05, 3.63) is 94.3 Å². The molecule has 11 nitrogen and oxygen atoms in total. The van der Waals surface area contributed by atoms with Crippen LogP contribution in [0.5, 0.6) is 5.75 Å². The minimum absolute atomic E-state index is 0.0168. The molecule has 0 bridgehead atoms. The van der Waals surface area contributed by atoms with E-state index in [0.717, 1.165) is 0 Å². The Balaban J connectivity index is 1.93. The van der Waals surface area contributed by atoms with Crippen LogP contribution in [0.3, 0.4) is 0 Å². The minimum atomic E-state index is -0.940. The van der Waals surface area contributed by atoms with Crippen LogP contribution in [-0.2, 0) is 9.53 Å². The molecule has 36 heavy (non-hydrogen) atoms. The van der Waals surface area contributed by atoms with Gasteiger partial charge in [0.05, 0.1) is 35.0 Å². The Bertz CT molecular complexity index is 1380. The normalized spacial score (nSPS) is 15.1. The van der Waals surface area contributed by atoms with Crippen molar-refractivity contribution in [2.24, 2.45) is 0 Å². The first-order valence-corrected chi connectivity index (χ1v) is 10.9. The quantitative estimate of drug-likeness (QED) is 0.212. The van der Waals surface area contributed by atoms with Crippen molar-refractivity contribution in [2.45, 2.75) is 13.0 Å². The van der Waals surface area contributed by atoms with Crippen molar-refractivity contribution in [1.82, 2.24) is 20.4 Å². The van der Waals surface area contributed by atoms with Gasteiger partial charge in [-0.2, -0.15) is 5.10 Å². The molecule has 0 fully saturated rings. The number of hydrogen-bond acceptors (Lipinski definition) is 7. The number of para-hydroxylation sites is 1. The second kappa shape index (κ2) is 10.1. The van der Waals surface area contributed by atoms with Gasteiger partial charge >= 0.3 is 17.7 Å². The summed E-state index contributed by atoms with van der Waals surface area (Å²) in [6.45, 7) is 5.13. The maximum absolute atomic E-state index is 13.0. The van der Waals surface area contributed by atoms with Crippen LogP contribution in [0, 0.1) is 10.1 Å².